The first-order valence-electron chi connectivity index (χ1n) is 5.24. The summed E-state index contributed by atoms with van der Waals surface area (Å²) in [5.41, 5.74) is 6.46. The lowest BCUT2D eigenvalue weighted by Gasteiger charge is -2.22. The zero-order valence-electron chi connectivity index (χ0n) is 10.2. The van der Waals surface area contributed by atoms with Crippen molar-refractivity contribution < 1.29 is 9.53 Å². The smallest absolute Gasteiger partial charge is 0.227 e. The molecule has 0 atom stereocenters. The molecule has 1 amide bonds. The summed E-state index contributed by atoms with van der Waals surface area (Å²) in [6.07, 6.45) is 0.282. The van der Waals surface area contributed by atoms with Gasteiger partial charge in [-0.05, 0) is 48.0 Å². The van der Waals surface area contributed by atoms with E-state index in [9.17, 15) is 4.79 Å². The Balaban J connectivity index is 2.71. The molecule has 1 aromatic rings. The minimum absolute atomic E-state index is 0.108. The second kappa shape index (κ2) is 5.51. The highest BCUT2D eigenvalue weighted by atomic mass is 79.9. The number of rotatable bonds is 4. The third-order valence-corrected chi connectivity index (χ3v) is 3.09. The quantitative estimate of drug-likeness (QED) is 0.841. The van der Waals surface area contributed by atoms with Crippen LogP contribution in [0.15, 0.2) is 22.7 Å². The summed E-state index contributed by atoms with van der Waals surface area (Å²) in [6, 6.07) is 5.27. The molecule has 0 saturated heterocycles. The van der Waals surface area contributed by atoms with Crippen molar-refractivity contribution in [3.63, 3.8) is 0 Å². The molecular weight excluding hydrogens is 284 g/mol. The van der Waals surface area contributed by atoms with E-state index in [4.69, 9.17) is 10.5 Å². The van der Waals surface area contributed by atoms with Crippen LogP contribution in [0.3, 0.4) is 0 Å². The van der Waals surface area contributed by atoms with Crippen molar-refractivity contribution >= 4 is 33.2 Å². The van der Waals surface area contributed by atoms with E-state index in [2.05, 4.69) is 21.2 Å². The van der Waals surface area contributed by atoms with Crippen molar-refractivity contribution in [3.8, 4) is 0 Å². The molecule has 3 N–H and O–H groups in total. The first-order chi connectivity index (χ1) is 7.84. The Kier molecular flexibility index (Phi) is 4.54. The number of benzene rings is 1. The summed E-state index contributed by atoms with van der Waals surface area (Å²) in [5, 5.41) is 2.80. The summed E-state index contributed by atoms with van der Waals surface area (Å²) >= 11 is 3.35. The van der Waals surface area contributed by atoms with E-state index in [0.29, 0.717) is 11.4 Å². The summed E-state index contributed by atoms with van der Waals surface area (Å²) in [4.78, 5) is 11.8. The molecule has 5 heteroatoms. The van der Waals surface area contributed by atoms with E-state index in [1.54, 1.807) is 25.3 Å². The summed E-state index contributed by atoms with van der Waals surface area (Å²) in [5.74, 6) is -0.108. The molecule has 0 radical (unpaired) electrons. The van der Waals surface area contributed by atoms with Gasteiger partial charge in [0.1, 0.15) is 0 Å². The van der Waals surface area contributed by atoms with Crippen molar-refractivity contribution in [2.45, 2.75) is 25.9 Å². The van der Waals surface area contributed by atoms with Crippen LogP contribution >= 0.6 is 15.9 Å². The largest absolute Gasteiger partial charge is 0.399 e. The molecule has 0 aliphatic heterocycles. The Morgan fingerprint density at radius 1 is 1.53 bits per heavy atom. The first-order valence-corrected chi connectivity index (χ1v) is 6.03. The fourth-order valence-corrected chi connectivity index (χ4v) is 1.64. The van der Waals surface area contributed by atoms with Gasteiger partial charge in [0.05, 0.1) is 17.7 Å². The van der Waals surface area contributed by atoms with Crippen LogP contribution in [0.1, 0.15) is 20.3 Å². The Morgan fingerprint density at radius 2 is 2.18 bits per heavy atom. The zero-order valence-corrected chi connectivity index (χ0v) is 11.8. The number of nitrogen functional groups attached to an aromatic ring is 1. The molecule has 1 aromatic carbocycles. The summed E-state index contributed by atoms with van der Waals surface area (Å²) in [6.45, 7) is 3.72. The average molecular weight is 301 g/mol. The van der Waals surface area contributed by atoms with Crippen LogP contribution in [-0.2, 0) is 9.53 Å². The number of hydrogen-bond acceptors (Lipinski definition) is 3. The molecule has 0 aliphatic rings. The van der Waals surface area contributed by atoms with Gasteiger partial charge in [-0.3, -0.25) is 4.79 Å². The van der Waals surface area contributed by atoms with Crippen LogP contribution in [0.5, 0.6) is 0 Å². The van der Waals surface area contributed by atoms with Crippen molar-refractivity contribution in [3.05, 3.63) is 22.7 Å². The van der Waals surface area contributed by atoms with Gasteiger partial charge in [0, 0.05) is 17.3 Å². The topological polar surface area (TPSA) is 64.3 Å². The maximum absolute atomic E-state index is 11.8. The van der Waals surface area contributed by atoms with Crippen molar-refractivity contribution in [1.82, 2.24) is 0 Å². The van der Waals surface area contributed by atoms with Gasteiger partial charge in [0.2, 0.25) is 5.91 Å². The van der Waals surface area contributed by atoms with Gasteiger partial charge in [-0.1, -0.05) is 0 Å². The van der Waals surface area contributed by atoms with Crippen LogP contribution in [0, 0.1) is 0 Å². The van der Waals surface area contributed by atoms with E-state index in [1.165, 1.54) is 0 Å². The number of amides is 1. The maximum atomic E-state index is 11.8. The van der Waals surface area contributed by atoms with Gasteiger partial charge in [-0.2, -0.15) is 0 Å². The molecule has 94 valence electrons. The number of carbonyl (C=O) groups is 1. The van der Waals surface area contributed by atoms with Gasteiger partial charge in [0.25, 0.3) is 0 Å². The lowest BCUT2D eigenvalue weighted by molar-refractivity contribution is -0.121. The van der Waals surface area contributed by atoms with Gasteiger partial charge in [0.15, 0.2) is 0 Å². The van der Waals surface area contributed by atoms with Gasteiger partial charge in [-0.15, -0.1) is 0 Å². The van der Waals surface area contributed by atoms with Crippen LogP contribution in [-0.4, -0.2) is 18.6 Å². The van der Waals surface area contributed by atoms with E-state index in [-0.39, 0.29) is 12.3 Å². The predicted molar refractivity (Wildman–Crippen MR) is 72.9 cm³/mol. The molecule has 0 heterocycles. The number of halogens is 1. The molecule has 0 bridgehead atoms. The summed E-state index contributed by atoms with van der Waals surface area (Å²) < 4.78 is 6.00. The Bertz CT molecular complexity index is 419. The maximum Gasteiger partial charge on any atom is 0.227 e. The number of carbonyl (C=O) groups excluding carboxylic acids is 1. The molecule has 1 rings (SSSR count). The highest BCUT2D eigenvalue weighted by Crippen LogP contribution is 2.25. The molecule has 0 aromatic heterocycles. The Morgan fingerprint density at radius 3 is 2.76 bits per heavy atom. The number of methoxy groups -OCH3 is 1. The molecule has 4 nitrogen and oxygen atoms in total. The Labute approximate surface area is 110 Å². The fraction of sp³-hybridized carbons (Fsp3) is 0.417. The molecule has 0 fully saturated rings. The molecule has 0 saturated carbocycles. The molecule has 0 unspecified atom stereocenters. The lowest BCUT2D eigenvalue weighted by Crippen LogP contribution is -2.29. The van der Waals surface area contributed by atoms with Crippen LogP contribution in [0.2, 0.25) is 0 Å². The number of nitrogens with one attached hydrogen (secondary N) is 1. The molecule has 0 spiro atoms. The van der Waals surface area contributed by atoms with Crippen molar-refractivity contribution in [2.75, 3.05) is 18.2 Å². The Hall–Kier alpha value is -1.07. The fourth-order valence-electron chi connectivity index (χ4n) is 1.29. The van der Waals surface area contributed by atoms with Crippen LogP contribution < -0.4 is 11.1 Å². The second-order valence-electron chi connectivity index (χ2n) is 4.43. The molecule has 17 heavy (non-hydrogen) atoms. The minimum atomic E-state index is -0.475. The van der Waals surface area contributed by atoms with Gasteiger partial charge < -0.3 is 15.8 Å². The standard InChI is InChI=1S/C12H17BrN2O2/c1-12(2,17-3)7-11(16)15-10-6-8(14)4-5-9(10)13/h4-6H,7,14H2,1-3H3,(H,15,16). The van der Waals surface area contributed by atoms with Crippen molar-refractivity contribution in [1.29, 1.82) is 0 Å². The third-order valence-electron chi connectivity index (χ3n) is 2.40. The zero-order chi connectivity index (χ0) is 13.1. The number of ether oxygens (including phenoxy) is 1. The van der Waals surface area contributed by atoms with Crippen molar-refractivity contribution in [2.24, 2.45) is 0 Å². The van der Waals surface area contributed by atoms with Crippen LogP contribution in [0.4, 0.5) is 11.4 Å². The highest BCUT2D eigenvalue weighted by Gasteiger charge is 2.21. The highest BCUT2D eigenvalue weighted by molar-refractivity contribution is 9.10. The summed E-state index contributed by atoms with van der Waals surface area (Å²) in [7, 11) is 1.59. The predicted octanol–water partition coefficient (Wildman–Crippen LogP) is 2.78. The molecule has 0 aliphatic carbocycles. The van der Waals surface area contributed by atoms with E-state index < -0.39 is 5.60 Å². The normalized spacial score (nSPS) is 11.3. The van der Waals surface area contributed by atoms with E-state index in [1.807, 2.05) is 13.8 Å². The van der Waals surface area contributed by atoms with Gasteiger partial charge in [-0.25, -0.2) is 0 Å². The van der Waals surface area contributed by atoms with E-state index in [0.717, 1.165) is 4.47 Å². The first kappa shape index (κ1) is 14.0. The number of hydrogen-bond donors (Lipinski definition) is 2. The number of anilines is 2. The van der Waals surface area contributed by atoms with Crippen LogP contribution in [0.25, 0.3) is 0 Å². The SMILES string of the molecule is COC(C)(C)CC(=O)Nc1cc(N)ccc1Br. The van der Waals surface area contributed by atoms with E-state index >= 15 is 0 Å². The average Bonchev–Trinajstić information content (AvgIpc) is 2.23. The minimum Gasteiger partial charge on any atom is -0.399 e. The monoisotopic (exact) mass is 300 g/mol. The van der Waals surface area contributed by atoms with Gasteiger partial charge >= 0.3 is 0 Å². The number of nitrogens with two attached hydrogens (primary N) is 1. The molecular formula is C12H17BrN2O2. The third kappa shape index (κ3) is 4.36. The lowest BCUT2D eigenvalue weighted by atomic mass is 10.0. The second-order valence-corrected chi connectivity index (χ2v) is 5.28.